The van der Waals surface area contributed by atoms with Gasteiger partial charge in [0.2, 0.25) is 0 Å². The zero-order valence-corrected chi connectivity index (χ0v) is 15.8. The molecular weight excluding hydrogens is 366 g/mol. The van der Waals surface area contributed by atoms with E-state index in [1.165, 1.54) is 6.33 Å². The average molecular weight is 386 g/mol. The van der Waals surface area contributed by atoms with Gasteiger partial charge in [-0.3, -0.25) is 0 Å². The lowest BCUT2D eigenvalue weighted by atomic mass is 10.1. The van der Waals surface area contributed by atoms with Gasteiger partial charge in [0.1, 0.15) is 29.6 Å². The molecule has 1 fully saturated rings. The fourth-order valence-corrected chi connectivity index (χ4v) is 3.34. The molecule has 140 valence electrons. The Labute approximate surface area is 162 Å². The van der Waals surface area contributed by atoms with Crippen molar-refractivity contribution < 1.29 is 14.2 Å². The van der Waals surface area contributed by atoms with Gasteiger partial charge in [0.05, 0.1) is 31.2 Å². The number of anilines is 1. The molecule has 2 heterocycles. The second-order valence-electron chi connectivity index (χ2n) is 6.24. The number of hydrogen-bond acceptors (Lipinski definition) is 6. The predicted octanol–water partition coefficient (Wildman–Crippen LogP) is 3.71. The minimum absolute atomic E-state index is 0.387. The van der Waals surface area contributed by atoms with E-state index in [0.29, 0.717) is 30.7 Å². The van der Waals surface area contributed by atoms with Crippen LogP contribution in [0.3, 0.4) is 0 Å². The Morgan fingerprint density at radius 2 is 1.89 bits per heavy atom. The summed E-state index contributed by atoms with van der Waals surface area (Å²) in [5, 5.41) is 1.11. The molecule has 0 bridgehead atoms. The van der Waals surface area contributed by atoms with Crippen molar-refractivity contribution in [2.24, 2.45) is 0 Å². The SMILES string of the molecule is COc1ccc(COc2cc(N3CCOCC3)cc3ncnc(Cl)c23)cc1. The van der Waals surface area contributed by atoms with Crippen LogP contribution in [0.4, 0.5) is 5.69 Å². The molecule has 1 aromatic heterocycles. The third kappa shape index (κ3) is 3.91. The molecule has 0 saturated carbocycles. The van der Waals surface area contributed by atoms with E-state index in [-0.39, 0.29) is 0 Å². The number of methoxy groups -OCH3 is 1. The Bertz CT molecular complexity index is 928. The maximum Gasteiger partial charge on any atom is 0.144 e. The monoisotopic (exact) mass is 385 g/mol. The molecule has 7 heteroatoms. The summed E-state index contributed by atoms with van der Waals surface area (Å²) in [6.45, 7) is 3.51. The van der Waals surface area contributed by atoms with E-state index < -0.39 is 0 Å². The lowest BCUT2D eigenvalue weighted by molar-refractivity contribution is 0.122. The van der Waals surface area contributed by atoms with Crippen molar-refractivity contribution in [1.82, 2.24) is 9.97 Å². The molecule has 2 aromatic carbocycles. The molecule has 0 unspecified atom stereocenters. The molecule has 0 spiro atoms. The first-order chi connectivity index (χ1) is 13.2. The first-order valence-corrected chi connectivity index (χ1v) is 9.15. The highest BCUT2D eigenvalue weighted by Crippen LogP contribution is 2.35. The first-order valence-electron chi connectivity index (χ1n) is 8.77. The minimum atomic E-state index is 0.387. The van der Waals surface area contributed by atoms with Crippen LogP contribution in [0, 0.1) is 0 Å². The van der Waals surface area contributed by atoms with Crippen molar-refractivity contribution >= 4 is 28.2 Å². The Hall–Kier alpha value is -2.57. The summed E-state index contributed by atoms with van der Waals surface area (Å²) >= 11 is 6.34. The Kier molecular flexibility index (Phi) is 5.27. The van der Waals surface area contributed by atoms with Gasteiger partial charge < -0.3 is 19.1 Å². The summed E-state index contributed by atoms with van der Waals surface area (Å²) in [7, 11) is 1.65. The molecule has 1 aliphatic rings. The van der Waals surface area contributed by atoms with E-state index in [0.717, 1.165) is 41.0 Å². The molecule has 27 heavy (non-hydrogen) atoms. The van der Waals surface area contributed by atoms with Crippen LogP contribution in [0.5, 0.6) is 11.5 Å². The summed E-state index contributed by atoms with van der Waals surface area (Å²) in [5.41, 5.74) is 2.85. The van der Waals surface area contributed by atoms with Crippen molar-refractivity contribution in [1.29, 1.82) is 0 Å². The highest BCUT2D eigenvalue weighted by molar-refractivity contribution is 6.34. The van der Waals surface area contributed by atoms with E-state index >= 15 is 0 Å². The summed E-state index contributed by atoms with van der Waals surface area (Å²) in [4.78, 5) is 10.8. The summed E-state index contributed by atoms with van der Waals surface area (Å²) in [6.07, 6.45) is 1.47. The van der Waals surface area contributed by atoms with E-state index in [1.807, 2.05) is 36.4 Å². The smallest absolute Gasteiger partial charge is 0.144 e. The van der Waals surface area contributed by atoms with Gasteiger partial charge in [-0.15, -0.1) is 0 Å². The number of fused-ring (bicyclic) bond motifs is 1. The largest absolute Gasteiger partial charge is 0.497 e. The van der Waals surface area contributed by atoms with Crippen LogP contribution in [0.2, 0.25) is 5.15 Å². The fourth-order valence-electron chi connectivity index (χ4n) is 3.10. The fraction of sp³-hybridized carbons (Fsp3) is 0.300. The molecule has 0 atom stereocenters. The number of rotatable bonds is 5. The van der Waals surface area contributed by atoms with Crippen molar-refractivity contribution in [2.45, 2.75) is 6.61 Å². The van der Waals surface area contributed by atoms with Gasteiger partial charge in [-0.2, -0.15) is 0 Å². The summed E-state index contributed by atoms with van der Waals surface area (Å²) in [5.74, 6) is 1.49. The van der Waals surface area contributed by atoms with Gasteiger partial charge in [0.15, 0.2) is 0 Å². The number of nitrogens with zero attached hydrogens (tertiary/aromatic N) is 3. The van der Waals surface area contributed by atoms with E-state index in [1.54, 1.807) is 7.11 Å². The zero-order valence-electron chi connectivity index (χ0n) is 15.0. The number of morpholine rings is 1. The molecular formula is C20H20ClN3O3. The molecule has 0 radical (unpaired) electrons. The van der Waals surface area contributed by atoms with Crippen LogP contribution < -0.4 is 14.4 Å². The van der Waals surface area contributed by atoms with Crippen LogP contribution >= 0.6 is 11.6 Å². The molecule has 0 aliphatic carbocycles. The maximum atomic E-state index is 6.34. The quantitative estimate of drug-likeness (QED) is 0.624. The number of aromatic nitrogens is 2. The predicted molar refractivity (Wildman–Crippen MR) is 105 cm³/mol. The standard InChI is InChI=1S/C20H20ClN3O3/c1-25-16-4-2-14(3-5-16)12-27-18-11-15(24-6-8-26-9-7-24)10-17-19(18)20(21)23-13-22-17/h2-5,10-11,13H,6-9,12H2,1H3. The van der Waals surface area contributed by atoms with Crippen molar-refractivity contribution in [3.63, 3.8) is 0 Å². The van der Waals surface area contributed by atoms with Crippen molar-refractivity contribution in [3.05, 3.63) is 53.4 Å². The molecule has 0 N–H and O–H groups in total. The lowest BCUT2D eigenvalue weighted by Gasteiger charge is -2.29. The number of hydrogen-bond donors (Lipinski definition) is 0. The molecule has 1 saturated heterocycles. The van der Waals surface area contributed by atoms with E-state index in [2.05, 4.69) is 14.9 Å². The van der Waals surface area contributed by atoms with Crippen LogP contribution in [-0.2, 0) is 11.3 Å². The topological polar surface area (TPSA) is 56.7 Å². The van der Waals surface area contributed by atoms with Gasteiger partial charge in [-0.1, -0.05) is 23.7 Å². The van der Waals surface area contributed by atoms with Crippen LogP contribution in [-0.4, -0.2) is 43.4 Å². The molecule has 4 rings (SSSR count). The third-order valence-electron chi connectivity index (χ3n) is 4.57. The third-order valence-corrected chi connectivity index (χ3v) is 4.86. The van der Waals surface area contributed by atoms with Crippen molar-refractivity contribution in [3.8, 4) is 11.5 Å². The van der Waals surface area contributed by atoms with Crippen LogP contribution in [0.15, 0.2) is 42.7 Å². The molecule has 1 aliphatic heterocycles. The highest BCUT2D eigenvalue weighted by atomic mass is 35.5. The highest BCUT2D eigenvalue weighted by Gasteiger charge is 2.17. The van der Waals surface area contributed by atoms with E-state index in [4.69, 9.17) is 25.8 Å². The molecule has 0 amide bonds. The molecule has 3 aromatic rings. The van der Waals surface area contributed by atoms with Gasteiger partial charge in [0.25, 0.3) is 0 Å². The zero-order chi connectivity index (χ0) is 18.6. The number of halogens is 1. The van der Waals surface area contributed by atoms with Gasteiger partial charge in [-0.25, -0.2) is 9.97 Å². The Morgan fingerprint density at radius 3 is 2.63 bits per heavy atom. The second-order valence-corrected chi connectivity index (χ2v) is 6.60. The van der Waals surface area contributed by atoms with Crippen LogP contribution in [0.25, 0.3) is 10.9 Å². The van der Waals surface area contributed by atoms with Gasteiger partial charge in [-0.05, 0) is 23.8 Å². The molecule has 6 nitrogen and oxygen atoms in total. The van der Waals surface area contributed by atoms with Crippen molar-refractivity contribution in [2.75, 3.05) is 38.3 Å². The summed E-state index contributed by atoms with van der Waals surface area (Å²) in [6, 6.07) is 11.8. The summed E-state index contributed by atoms with van der Waals surface area (Å²) < 4.78 is 16.8. The normalized spacial score (nSPS) is 14.4. The number of ether oxygens (including phenoxy) is 3. The Balaban J connectivity index is 1.66. The first kappa shape index (κ1) is 17.8. The lowest BCUT2D eigenvalue weighted by Crippen LogP contribution is -2.36. The van der Waals surface area contributed by atoms with Crippen LogP contribution in [0.1, 0.15) is 5.56 Å². The van der Waals surface area contributed by atoms with Gasteiger partial charge >= 0.3 is 0 Å². The van der Waals surface area contributed by atoms with Gasteiger partial charge in [0, 0.05) is 24.8 Å². The average Bonchev–Trinajstić information content (AvgIpc) is 2.73. The Morgan fingerprint density at radius 1 is 1.11 bits per heavy atom. The van der Waals surface area contributed by atoms with E-state index in [9.17, 15) is 0 Å². The second kappa shape index (κ2) is 7.98. The minimum Gasteiger partial charge on any atom is -0.497 e. The maximum absolute atomic E-state index is 6.34. The number of benzene rings is 2.